The fourth-order valence-corrected chi connectivity index (χ4v) is 3.52. The van der Waals surface area contributed by atoms with E-state index in [1.54, 1.807) is 66.1 Å². The molecule has 0 fully saturated rings. The molecule has 0 radical (unpaired) electrons. The zero-order valence-corrected chi connectivity index (χ0v) is 19.6. The second-order valence-corrected chi connectivity index (χ2v) is 7.92. The van der Waals surface area contributed by atoms with Crippen LogP contribution in [0.3, 0.4) is 0 Å². The minimum absolute atomic E-state index is 0.149. The molecule has 196 valence electrons. The van der Waals surface area contributed by atoms with E-state index in [4.69, 9.17) is 0 Å². The van der Waals surface area contributed by atoms with Crippen molar-refractivity contribution in [3.05, 3.63) is 38.0 Å². The molecule has 24 nitrogen and oxygen atoms in total. The summed E-state index contributed by atoms with van der Waals surface area (Å²) in [5.41, 5.74) is 0. The molecule has 0 unspecified atom stereocenters. The molecule has 0 amide bonds. The molecule has 0 aliphatic heterocycles. The van der Waals surface area contributed by atoms with Gasteiger partial charge in [-0.15, -0.1) is 30.6 Å². The minimum Gasteiger partial charge on any atom is -0.232 e. The number of nitrogens with zero attached hydrogens (tertiary/aromatic N) is 24. The largest absolute Gasteiger partial charge is 0.232 e. The molecule has 0 spiro atoms. The van der Waals surface area contributed by atoms with Crippen LogP contribution >= 0.6 is 0 Å². The van der Waals surface area contributed by atoms with Gasteiger partial charge in [0.25, 0.3) is 0 Å². The second kappa shape index (κ2) is 12.4. The summed E-state index contributed by atoms with van der Waals surface area (Å²) in [6.45, 7) is 3.71. The molecule has 0 aliphatic rings. The predicted molar refractivity (Wildman–Crippen MR) is 114 cm³/mol. The summed E-state index contributed by atoms with van der Waals surface area (Å²) >= 11 is 0. The van der Waals surface area contributed by atoms with E-state index in [1.807, 2.05) is 0 Å². The van der Waals surface area contributed by atoms with E-state index in [1.165, 1.54) is 0 Å². The van der Waals surface area contributed by atoms with Crippen LogP contribution in [0.2, 0.25) is 0 Å². The van der Waals surface area contributed by atoms with Crippen LogP contribution in [0.25, 0.3) is 0 Å². The van der Waals surface area contributed by atoms with Gasteiger partial charge in [0.1, 0.15) is 38.0 Å². The Kier molecular flexibility index (Phi) is 7.87. The maximum atomic E-state index is 3.85. The first-order valence-electron chi connectivity index (χ1n) is 11.0. The van der Waals surface area contributed by atoms with Crippen LogP contribution in [-0.4, -0.2) is 121 Å². The van der Waals surface area contributed by atoms with Crippen LogP contribution in [0.15, 0.2) is 38.0 Å². The van der Waals surface area contributed by atoms with Gasteiger partial charge in [-0.2, -0.15) is 0 Å². The van der Waals surface area contributed by atoms with Crippen molar-refractivity contribution < 1.29 is 0 Å². The van der Waals surface area contributed by atoms with Crippen LogP contribution in [-0.2, 0) is 39.3 Å². The average molecular weight is 524 g/mol. The fourth-order valence-electron chi connectivity index (χ4n) is 3.52. The quantitative estimate of drug-likeness (QED) is 0.145. The topological polar surface area (TPSA) is 262 Å². The molecule has 0 bridgehead atoms. The van der Waals surface area contributed by atoms with Crippen LogP contribution < -0.4 is 0 Å². The summed E-state index contributed by atoms with van der Waals surface area (Å²) < 4.78 is 9.91. The van der Waals surface area contributed by atoms with Gasteiger partial charge in [-0.25, -0.2) is 28.1 Å². The molecule has 0 atom stereocenters. The molecule has 6 heterocycles. The van der Waals surface area contributed by atoms with Crippen LogP contribution in [0.4, 0.5) is 0 Å². The molecule has 0 aliphatic carbocycles. The zero-order valence-electron chi connectivity index (χ0n) is 19.6. The Balaban J connectivity index is 0.000000155. The Hall–Kier alpha value is -5.58. The summed E-state index contributed by atoms with van der Waals surface area (Å²) in [5.74, 6) is 0.297. The van der Waals surface area contributed by atoms with Crippen molar-refractivity contribution in [3.63, 3.8) is 0 Å². The standard InChI is InChI=1S/2C7H10N12/c2*1(17-4-8-11-14-17)7(2-18-5-9-12-15-18)3-19-6-10-13-16-19/h2*4-7H,1-3H2. The van der Waals surface area contributed by atoms with Gasteiger partial charge in [0.05, 0.1) is 39.3 Å². The van der Waals surface area contributed by atoms with Crippen LogP contribution in [0.5, 0.6) is 0 Å². The zero-order chi connectivity index (χ0) is 25.8. The molecular formula is C14H20N24. The lowest BCUT2D eigenvalue weighted by atomic mass is 10.1. The Morgan fingerprint density at radius 2 is 0.500 bits per heavy atom. The van der Waals surface area contributed by atoms with E-state index in [9.17, 15) is 0 Å². The smallest absolute Gasteiger partial charge is 0.138 e. The number of hydrogen-bond donors (Lipinski definition) is 0. The second-order valence-electron chi connectivity index (χ2n) is 7.92. The Labute approximate surface area is 211 Å². The maximum Gasteiger partial charge on any atom is 0.138 e. The highest BCUT2D eigenvalue weighted by molar-refractivity contribution is 4.64. The number of aromatic nitrogens is 24. The van der Waals surface area contributed by atoms with Crippen molar-refractivity contribution in [2.75, 3.05) is 0 Å². The monoisotopic (exact) mass is 524 g/mol. The van der Waals surface area contributed by atoms with Gasteiger partial charge in [-0.1, -0.05) is 0 Å². The average Bonchev–Trinajstić information content (AvgIpc) is 3.75. The molecule has 0 aromatic carbocycles. The third-order valence-corrected chi connectivity index (χ3v) is 5.02. The van der Waals surface area contributed by atoms with E-state index >= 15 is 0 Å². The summed E-state index contributed by atoms with van der Waals surface area (Å²) in [4.78, 5) is 0. The minimum atomic E-state index is 0.149. The van der Waals surface area contributed by atoms with Gasteiger partial charge in [-0.05, 0) is 62.6 Å². The third kappa shape index (κ3) is 7.21. The van der Waals surface area contributed by atoms with E-state index in [-0.39, 0.29) is 11.8 Å². The maximum absolute atomic E-state index is 3.85. The highest BCUT2D eigenvalue weighted by atomic mass is 15.6. The predicted octanol–water partition coefficient (Wildman–Crippen LogP) is -4.67. The van der Waals surface area contributed by atoms with Crippen molar-refractivity contribution in [3.8, 4) is 0 Å². The Morgan fingerprint density at radius 3 is 0.632 bits per heavy atom. The Morgan fingerprint density at radius 1 is 0.316 bits per heavy atom. The Bertz CT molecular complexity index is 1070. The van der Waals surface area contributed by atoms with E-state index in [2.05, 4.69) is 93.2 Å². The third-order valence-electron chi connectivity index (χ3n) is 5.02. The lowest BCUT2D eigenvalue weighted by Gasteiger charge is -2.15. The molecule has 6 aromatic heterocycles. The molecule has 6 aromatic rings. The first-order chi connectivity index (χ1) is 18.8. The van der Waals surface area contributed by atoms with Crippen molar-refractivity contribution in [1.82, 2.24) is 121 Å². The van der Waals surface area contributed by atoms with Crippen molar-refractivity contribution in [1.29, 1.82) is 0 Å². The van der Waals surface area contributed by atoms with Crippen LogP contribution in [0.1, 0.15) is 0 Å². The van der Waals surface area contributed by atoms with E-state index < -0.39 is 0 Å². The van der Waals surface area contributed by atoms with Gasteiger partial charge in [0.15, 0.2) is 0 Å². The van der Waals surface area contributed by atoms with Gasteiger partial charge >= 0.3 is 0 Å². The molecular weight excluding hydrogens is 504 g/mol. The summed E-state index contributed by atoms with van der Waals surface area (Å²) in [6.07, 6.45) is 9.37. The summed E-state index contributed by atoms with van der Waals surface area (Å²) in [7, 11) is 0. The van der Waals surface area contributed by atoms with Gasteiger partial charge < -0.3 is 0 Å². The number of rotatable bonds is 12. The van der Waals surface area contributed by atoms with Crippen molar-refractivity contribution >= 4 is 0 Å². The van der Waals surface area contributed by atoms with E-state index in [0.29, 0.717) is 39.3 Å². The lowest BCUT2D eigenvalue weighted by molar-refractivity contribution is 0.295. The first kappa shape index (κ1) is 24.1. The lowest BCUT2D eigenvalue weighted by Crippen LogP contribution is -2.23. The van der Waals surface area contributed by atoms with Gasteiger partial charge in [0.2, 0.25) is 0 Å². The van der Waals surface area contributed by atoms with Crippen molar-refractivity contribution in [2.24, 2.45) is 11.8 Å². The SMILES string of the molecule is c1nnnn1CC(Cn1cnnn1)Cn1cnnn1.c1nnnn1CC(Cn1cnnn1)Cn1cnnn1. The van der Waals surface area contributed by atoms with Gasteiger partial charge in [0, 0.05) is 11.8 Å². The molecule has 24 heteroatoms. The number of hydrogen-bond acceptors (Lipinski definition) is 18. The highest BCUT2D eigenvalue weighted by Gasteiger charge is 2.15. The molecule has 0 saturated heterocycles. The normalized spacial score (nSPS) is 11.2. The fraction of sp³-hybridized carbons (Fsp3) is 0.571. The highest BCUT2D eigenvalue weighted by Crippen LogP contribution is 2.07. The van der Waals surface area contributed by atoms with Gasteiger partial charge in [-0.3, -0.25) is 0 Å². The first-order valence-corrected chi connectivity index (χ1v) is 11.0. The summed E-state index contributed by atoms with van der Waals surface area (Å²) in [5, 5.41) is 66.4. The number of tetrazole rings is 6. The molecule has 0 N–H and O–H groups in total. The molecule has 6 rings (SSSR count). The van der Waals surface area contributed by atoms with Crippen LogP contribution in [0, 0.1) is 11.8 Å². The molecule has 0 saturated carbocycles. The van der Waals surface area contributed by atoms with E-state index in [0.717, 1.165) is 0 Å². The molecule has 38 heavy (non-hydrogen) atoms. The van der Waals surface area contributed by atoms with Crippen molar-refractivity contribution in [2.45, 2.75) is 39.3 Å². The summed E-state index contributed by atoms with van der Waals surface area (Å²) in [6, 6.07) is 0.